The third-order valence-electron chi connectivity index (χ3n) is 3.77. The molecule has 8 heteroatoms. The van der Waals surface area contributed by atoms with Gasteiger partial charge in [0.15, 0.2) is 0 Å². The lowest BCUT2D eigenvalue weighted by atomic mass is 10.1. The fourth-order valence-corrected chi connectivity index (χ4v) is 2.46. The summed E-state index contributed by atoms with van der Waals surface area (Å²) in [6.07, 6.45) is -0.376. The molecule has 1 aliphatic rings. The topological polar surface area (TPSA) is 105 Å². The monoisotopic (exact) mass is 302 g/mol. The number of carboxylic acids is 1. The number of hydrogen-bond acceptors (Lipinski definition) is 5. The second kappa shape index (κ2) is 7.26. The van der Waals surface area contributed by atoms with E-state index < -0.39 is 36.2 Å². The fraction of sp³-hybridized carbons (Fsp3) is 0.769. The minimum absolute atomic E-state index is 0.204. The quantitative estimate of drug-likeness (QED) is 0.752. The summed E-state index contributed by atoms with van der Waals surface area (Å²) in [5, 5.41) is 11.6. The molecule has 0 radical (unpaired) electrons. The van der Waals surface area contributed by atoms with Crippen LogP contribution in [-0.2, 0) is 19.1 Å². The van der Waals surface area contributed by atoms with Crippen molar-refractivity contribution < 1.29 is 29.0 Å². The number of alkyl carbamates (subject to hydrolysis) is 1. The van der Waals surface area contributed by atoms with Crippen LogP contribution in [0.5, 0.6) is 0 Å². The number of nitrogens with one attached hydrogen (secondary N) is 1. The molecule has 0 bridgehead atoms. The van der Waals surface area contributed by atoms with Gasteiger partial charge in [0.25, 0.3) is 0 Å². The van der Waals surface area contributed by atoms with Crippen molar-refractivity contribution in [1.82, 2.24) is 10.2 Å². The van der Waals surface area contributed by atoms with E-state index in [9.17, 15) is 19.5 Å². The molecule has 2 N–H and O–H groups in total. The fourth-order valence-electron chi connectivity index (χ4n) is 2.46. The van der Waals surface area contributed by atoms with Gasteiger partial charge in [-0.3, -0.25) is 4.79 Å². The van der Waals surface area contributed by atoms with Gasteiger partial charge in [0.05, 0.1) is 13.2 Å². The average Bonchev–Trinajstić information content (AvgIpc) is 2.84. The molecule has 21 heavy (non-hydrogen) atoms. The molecule has 2 amide bonds. The molecular weight excluding hydrogens is 280 g/mol. The van der Waals surface area contributed by atoms with E-state index in [4.69, 9.17) is 4.74 Å². The highest BCUT2D eigenvalue weighted by Gasteiger charge is 2.43. The van der Waals surface area contributed by atoms with Crippen molar-refractivity contribution in [3.63, 3.8) is 0 Å². The van der Waals surface area contributed by atoms with Gasteiger partial charge in [0, 0.05) is 13.2 Å². The third kappa shape index (κ3) is 3.84. The Morgan fingerprint density at radius 3 is 2.38 bits per heavy atom. The Labute approximate surface area is 123 Å². The van der Waals surface area contributed by atoms with E-state index in [1.54, 1.807) is 13.8 Å². The number of nitrogens with zero attached hydrogens (tertiary/aromatic N) is 1. The zero-order chi connectivity index (χ0) is 16.2. The Balaban J connectivity index is 2.97. The predicted molar refractivity (Wildman–Crippen MR) is 72.8 cm³/mol. The van der Waals surface area contributed by atoms with Gasteiger partial charge in [-0.1, -0.05) is 0 Å². The number of carbonyl (C=O) groups excluding carboxylic acids is 2. The number of aliphatic carboxylic acids is 1. The maximum Gasteiger partial charge on any atom is 0.407 e. The smallest absolute Gasteiger partial charge is 0.407 e. The first kappa shape index (κ1) is 17.2. The first-order chi connectivity index (χ1) is 9.83. The molecule has 0 aromatic heterocycles. The third-order valence-corrected chi connectivity index (χ3v) is 3.77. The van der Waals surface area contributed by atoms with E-state index >= 15 is 0 Å². The first-order valence-corrected chi connectivity index (χ1v) is 6.75. The van der Waals surface area contributed by atoms with Gasteiger partial charge in [-0.25, -0.2) is 9.59 Å². The largest absolute Gasteiger partial charge is 0.480 e. The molecule has 1 fully saturated rings. The molecule has 8 nitrogen and oxygen atoms in total. The Bertz CT molecular complexity index is 413. The predicted octanol–water partition coefficient (Wildman–Crippen LogP) is 0.210. The van der Waals surface area contributed by atoms with Gasteiger partial charge in [-0.2, -0.15) is 0 Å². The highest BCUT2D eigenvalue weighted by Crippen LogP contribution is 2.25. The van der Waals surface area contributed by atoms with E-state index in [0.29, 0.717) is 12.8 Å². The van der Waals surface area contributed by atoms with Crippen LogP contribution in [0.25, 0.3) is 0 Å². The van der Waals surface area contributed by atoms with E-state index in [1.807, 2.05) is 0 Å². The van der Waals surface area contributed by atoms with E-state index in [2.05, 4.69) is 10.1 Å². The van der Waals surface area contributed by atoms with Crippen LogP contribution < -0.4 is 5.32 Å². The van der Waals surface area contributed by atoms with E-state index in [-0.39, 0.29) is 6.04 Å². The zero-order valence-corrected chi connectivity index (χ0v) is 12.7. The molecule has 0 spiro atoms. The number of methoxy groups -OCH3 is 2. The van der Waals surface area contributed by atoms with Crippen molar-refractivity contribution in [1.29, 1.82) is 0 Å². The van der Waals surface area contributed by atoms with Crippen LogP contribution in [0.1, 0.15) is 26.7 Å². The van der Waals surface area contributed by atoms with Gasteiger partial charge in [0.1, 0.15) is 12.1 Å². The molecule has 0 aliphatic carbocycles. The summed E-state index contributed by atoms with van der Waals surface area (Å²) in [5.74, 6) is -1.53. The minimum atomic E-state index is -1.05. The molecule has 1 rings (SSSR count). The molecule has 4 atom stereocenters. The normalized spacial score (nSPS) is 24.3. The highest BCUT2D eigenvalue weighted by molar-refractivity contribution is 5.90. The van der Waals surface area contributed by atoms with Gasteiger partial charge in [0.2, 0.25) is 5.91 Å². The van der Waals surface area contributed by atoms with Gasteiger partial charge < -0.3 is 24.8 Å². The van der Waals surface area contributed by atoms with Crippen LogP contribution in [0.3, 0.4) is 0 Å². The van der Waals surface area contributed by atoms with Crippen molar-refractivity contribution in [3.05, 3.63) is 0 Å². The highest BCUT2D eigenvalue weighted by atomic mass is 16.5. The number of carbonyl (C=O) groups is 3. The average molecular weight is 302 g/mol. The van der Waals surface area contributed by atoms with E-state index in [1.165, 1.54) is 19.1 Å². The van der Waals surface area contributed by atoms with Crippen LogP contribution in [0.2, 0.25) is 0 Å². The summed E-state index contributed by atoms with van der Waals surface area (Å²) in [7, 11) is 2.60. The van der Waals surface area contributed by atoms with Crippen molar-refractivity contribution in [2.24, 2.45) is 0 Å². The number of rotatable bonds is 5. The van der Waals surface area contributed by atoms with Crippen LogP contribution >= 0.6 is 0 Å². The molecular formula is C13H22N2O6. The Kier molecular flexibility index (Phi) is 5.95. The SMILES string of the molecule is COC(=O)N[C@H](C(=O)N1C(C)CCC1C(=O)O)[C@H](C)OC. The lowest BCUT2D eigenvalue weighted by Gasteiger charge is -2.32. The lowest BCUT2D eigenvalue weighted by molar-refractivity contribution is -0.151. The zero-order valence-electron chi connectivity index (χ0n) is 12.7. The molecule has 0 aromatic rings. The number of amides is 2. The Morgan fingerprint density at radius 1 is 1.29 bits per heavy atom. The van der Waals surface area contributed by atoms with Crippen LogP contribution in [0, 0.1) is 0 Å². The maximum atomic E-state index is 12.6. The van der Waals surface area contributed by atoms with Crippen LogP contribution in [-0.4, -0.2) is 66.4 Å². The molecule has 1 saturated heterocycles. The second-order valence-electron chi connectivity index (χ2n) is 5.08. The second-order valence-corrected chi connectivity index (χ2v) is 5.08. The molecule has 0 saturated carbocycles. The molecule has 0 aromatic carbocycles. The number of carboxylic acid groups (broad SMARTS) is 1. The molecule has 2 unspecified atom stereocenters. The van der Waals surface area contributed by atoms with Crippen molar-refractivity contribution in [2.75, 3.05) is 14.2 Å². The first-order valence-electron chi connectivity index (χ1n) is 6.75. The van der Waals surface area contributed by atoms with Crippen molar-refractivity contribution in [3.8, 4) is 0 Å². The molecule has 1 heterocycles. The summed E-state index contributed by atoms with van der Waals surface area (Å²) in [6, 6.07) is -2.08. The van der Waals surface area contributed by atoms with E-state index in [0.717, 1.165) is 0 Å². The van der Waals surface area contributed by atoms with Gasteiger partial charge in [-0.05, 0) is 26.7 Å². The minimum Gasteiger partial charge on any atom is -0.480 e. The van der Waals surface area contributed by atoms with Gasteiger partial charge in [-0.15, -0.1) is 0 Å². The van der Waals surface area contributed by atoms with Crippen molar-refractivity contribution in [2.45, 2.75) is 50.9 Å². The number of ether oxygens (including phenoxy) is 2. The summed E-state index contributed by atoms with van der Waals surface area (Å²) < 4.78 is 9.60. The van der Waals surface area contributed by atoms with Crippen LogP contribution in [0.4, 0.5) is 4.79 Å². The molecule has 1 aliphatic heterocycles. The standard InChI is InChI=1S/C13H22N2O6/c1-7-5-6-9(12(17)18)15(7)11(16)10(8(2)20-3)14-13(19)21-4/h7-10H,5-6H2,1-4H3,(H,14,19)(H,17,18)/t7?,8-,9?,10-/m0/s1. The summed E-state index contributed by atoms with van der Waals surface area (Å²) >= 11 is 0. The summed E-state index contributed by atoms with van der Waals surface area (Å²) in [6.45, 7) is 3.41. The Hall–Kier alpha value is -1.83. The number of hydrogen-bond donors (Lipinski definition) is 2. The summed E-state index contributed by atoms with van der Waals surface area (Å²) in [4.78, 5) is 36.6. The van der Waals surface area contributed by atoms with Gasteiger partial charge >= 0.3 is 12.1 Å². The number of likely N-dealkylation sites (tertiary alicyclic amines) is 1. The maximum absolute atomic E-state index is 12.6. The van der Waals surface area contributed by atoms with Crippen LogP contribution in [0.15, 0.2) is 0 Å². The molecule has 120 valence electrons. The Morgan fingerprint density at radius 2 is 1.90 bits per heavy atom. The lowest BCUT2D eigenvalue weighted by Crippen LogP contribution is -2.57. The summed E-state index contributed by atoms with van der Waals surface area (Å²) in [5.41, 5.74) is 0. The van der Waals surface area contributed by atoms with Crippen molar-refractivity contribution >= 4 is 18.0 Å².